The topological polar surface area (TPSA) is 76.1 Å². The zero-order valence-corrected chi connectivity index (χ0v) is 16.8. The fraction of sp³-hybridized carbons (Fsp3) is 0.261. The molecule has 2 N–H and O–H groups in total. The van der Waals surface area contributed by atoms with Gasteiger partial charge in [-0.15, -0.1) is 0 Å². The van der Waals surface area contributed by atoms with Gasteiger partial charge < -0.3 is 15.4 Å². The first kappa shape index (κ1) is 20.3. The van der Waals surface area contributed by atoms with Crippen molar-refractivity contribution in [3.05, 3.63) is 77.7 Å². The standard InChI is InChI=1S/C23H26N4O2/c1-3-29-20-13-11-19(12-14-20)27-22-16-21(25-17(2)26-22)23(28)24-15-7-10-18-8-5-4-6-9-18/h4-6,8-9,11-14,16H,3,7,10,15H2,1-2H3,(H,24,28)(H,25,26,27). The highest BCUT2D eigenvalue weighted by atomic mass is 16.5. The predicted molar refractivity (Wildman–Crippen MR) is 115 cm³/mol. The minimum absolute atomic E-state index is 0.196. The van der Waals surface area contributed by atoms with Crippen molar-refractivity contribution in [2.75, 3.05) is 18.5 Å². The van der Waals surface area contributed by atoms with Gasteiger partial charge in [0.05, 0.1) is 6.61 Å². The van der Waals surface area contributed by atoms with E-state index in [4.69, 9.17) is 4.74 Å². The first-order chi connectivity index (χ1) is 14.1. The molecule has 29 heavy (non-hydrogen) atoms. The SMILES string of the molecule is CCOc1ccc(Nc2cc(C(=O)NCCCc3ccccc3)nc(C)n2)cc1. The first-order valence-corrected chi connectivity index (χ1v) is 9.81. The lowest BCUT2D eigenvalue weighted by atomic mass is 10.1. The zero-order chi connectivity index (χ0) is 20.5. The monoisotopic (exact) mass is 390 g/mol. The predicted octanol–water partition coefficient (Wildman–Crippen LogP) is 4.29. The molecule has 0 aliphatic heterocycles. The summed E-state index contributed by atoms with van der Waals surface area (Å²) in [5, 5.41) is 6.15. The van der Waals surface area contributed by atoms with Crippen LogP contribution in [0.1, 0.15) is 35.2 Å². The molecule has 150 valence electrons. The summed E-state index contributed by atoms with van der Waals surface area (Å²) in [6.07, 6.45) is 1.80. The zero-order valence-electron chi connectivity index (χ0n) is 16.8. The van der Waals surface area contributed by atoms with Crippen LogP contribution in [0.5, 0.6) is 5.75 Å². The molecule has 0 atom stereocenters. The Balaban J connectivity index is 1.56. The molecule has 1 amide bonds. The molecule has 2 aromatic carbocycles. The summed E-state index contributed by atoms with van der Waals surface area (Å²) in [7, 11) is 0. The molecule has 0 aliphatic carbocycles. The number of aromatic nitrogens is 2. The molecule has 0 saturated heterocycles. The Kier molecular flexibility index (Phi) is 7.16. The van der Waals surface area contributed by atoms with Crippen molar-refractivity contribution in [3.8, 4) is 5.75 Å². The maximum atomic E-state index is 12.5. The van der Waals surface area contributed by atoms with Crippen molar-refractivity contribution in [1.29, 1.82) is 0 Å². The second kappa shape index (κ2) is 10.2. The summed E-state index contributed by atoms with van der Waals surface area (Å²) in [4.78, 5) is 21.1. The molecule has 3 aromatic rings. The summed E-state index contributed by atoms with van der Waals surface area (Å²) >= 11 is 0. The van der Waals surface area contributed by atoms with E-state index in [9.17, 15) is 4.79 Å². The van der Waals surface area contributed by atoms with E-state index in [1.807, 2.05) is 49.4 Å². The van der Waals surface area contributed by atoms with E-state index >= 15 is 0 Å². The number of carbonyl (C=O) groups is 1. The molecule has 0 unspecified atom stereocenters. The lowest BCUT2D eigenvalue weighted by molar-refractivity contribution is 0.0948. The van der Waals surface area contributed by atoms with Crippen molar-refractivity contribution in [2.45, 2.75) is 26.7 Å². The van der Waals surface area contributed by atoms with Gasteiger partial charge in [-0.05, 0) is 56.5 Å². The van der Waals surface area contributed by atoms with E-state index in [0.717, 1.165) is 24.3 Å². The number of anilines is 2. The molecule has 1 aromatic heterocycles. The van der Waals surface area contributed by atoms with Crippen LogP contribution in [0.25, 0.3) is 0 Å². The van der Waals surface area contributed by atoms with Gasteiger partial charge in [0, 0.05) is 18.3 Å². The van der Waals surface area contributed by atoms with Gasteiger partial charge in [0.2, 0.25) is 0 Å². The Hall–Kier alpha value is -3.41. The highest BCUT2D eigenvalue weighted by Crippen LogP contribution is 2.19. The molecular weight excluding hydrogens is 364 g/mol. The van der Waals surface area contributed by atoms with Gasteiger partial charge in [0.1, 0.15) is 23.1 Å². The highest BCUT2D eigenvalue weighted by Gasteiger charge is 2.10. The van der Waals surface area contributed by atoms with Crippen molar-refractivity contribution < 1.29 is 9.53 Å². The Labute approximate surface area is 171 Å². The normalized spacial score (nSPS) is 10.4. The minimum atomic E-state index is -0.196. The largest absolute Gasteiger partial charge is 0.494 e. The van der Waals surface area contributed by atoms with E-state index in [1.165, 1.54) is 5.56 Å². The average molecular weight is 390 g/mol. The van der Waals surface area contributed by atoms with Gasteiger partial charge in [0.15, 0.2) is 0 Å². The third kappa shape index (κ3) is 6.31. The van der Waals surface area contributed by atoms with Crippen molar-refractivity contribution in [1.82, 2.24) is 15.3 Å². The minimum Gasteiger partial charge on any atom is -0.494 e. The summed E-state index contributed by atoms with van der Waals surface area (Å²) in [5.41, 5.74) is 2.48. The van der Waals surface area contributed by atoms with Gasteiger partial charge in [0.25, 0.3) is 5.91 Å². The average Bonchev–Trinajstić information content (AvgIpc) is 2.73. The molecule has 0 spiro atoms. The molecule has 6 nitrogen and oxygen atoms in total. The second-order valence-electron chi connectivity index (χ2n) is 6.61. The third-order valence-electron chi connectivity index (χ3n) is 4.28. The molecule has 0 bridgehead atoms. The Morgan fingerprint density at radius 3 is 2.52 bits per heavy atom. The number of carbonyl (C=O) groups excluding carboxylic acids is 1. The Bertz CT molecular complexity index is 927. The molecular formula is C23H26N4O2. The maximum Gasteiger partial charge on any atom is 0.270 e. The lowest BCUT2D eigenvalue weighted by Gasteiger charge is -2.10. The van der Waals surface area contributed by atoms with Crippen LogP contribution in [0.3, 0.4) is 0 Å². The quantitative estimate of drug-likeness (QED) is 0.533. The maximum absolute atomic E-state index is 12.5. The van der Waals surface area contributed by atoms with E-state index in [-0.39, 0.29) is 5.91 Å². The van der Waals surface area contributed by atoms with E-state index < -0.39 is 0 Å². The Morgan fingerprint density at radius 1 is 1.03 bits per heavy atom. The van der Waals surface area contributed by atoms with Gasteiger partial charge in [-0.25, -0.2) is 9.97 Å². The number of nitrogens with zero attached hydrogens (tertiary/aromatic N) is 2. The fourth-order valence-electron chi connectivity index (χ4n) is 2.93. The van der Waals surface area contributed by atoms with Crippen LogP contribution in [0.4, 0.5) is 11.5 Å². The number of benzene rings is 2. The highest BCUT2D eigenvalue weighted by molar-refractivity contribution is 5.93. The van der Waals surface area contributed by atoms with E-state index in [2.05, 4.69) is 32.7 Å². The van der Waals surface area contributed by atoms with Crippen molar-refractivity contribution in [3.63, 3.8) is 0 Å². The lowest BCUT2D eigenvalue weighted by Crippen LogP contribution is -2.26. The molecule has 6 heteroatoms. The first-order valence-electron chi connectivity index (χ1n) is 9.81. The van der Waals surface area contributed by atoms with Gasteiger partial charge in [-0.2, -0.15) is 0 Å². The van der Waals surface area contributed by atoms with Gasteiger partial charge >= 0.3 is 0 Å². The van der Waals surface area contributed by atoms with Crippen LogP contribution in [0.2, 0.25) is 0 Å². The molecule has 0 saturated carbocycles. The van der Waals surface area contributed by atoms with Crippen LogP contribution in [0, 0.1) is 6.92 Å². The smallest absolute Gasteiger partial charge is 0.270 e. The molecule has 0 radical (unpaired) electrons. The number of hydrogen-bond donors (Lipinski definition) is 2. The van der Waals surface area contributed by atoms with E-state index in [0.29, 0.717) is 30.5 Å². The summed E-state index contributed by atoms with van der Waals surface area (Å²) < 4.78 is 5.45. The van der Waals surface area contributed by atoms with Crippen LogP contribution in [-0.4, -0.2) is 29.0 Å². The number of rotatable bonds is 9. The number of aryl methyl sites for hydroxylation is 2. The van der Waals surface area contributed by atoms with Gasteiger partial charge in [-0.1, -0.05) is 30.3 Å². The third-order valence-corrected chi connectivity index (χ3v) is 4.28. The van der Waals surface area contributed by atoms with Crippen LogP contribution in [0.15, 0.2) is 60.7 Å². The van der Waals surface area contributed by atoms with Crippen LogP contribution in [-0.2, 0) is 6.42 Å². The number of ether oxygens (including phenoxy) is 1. The molecule has 0 aliphatic rings. The Morgan fingerprint density at radius 2 is 1.79 bits per heavy atom. The number of hydrogen-bond acceptors (Lipinski definition) is 5. The number of amides is 1. The van der Waals surface area contributed by atoms with Crippen molar-refractivity contribution in [2.24, 2.45) is 0 Å². The fourth-order valence-corrected chi connectivity index (χ4v) is 2.93. The molecule has 3 rings (SSSR count). The second-order valence-corrected chi connectivity index (χ2v) is 6.61. The summed E-state index contributed by atoms with van der Waals surface area (Å²) in [6, 6.07) is 19.5. The van der Waals surface area contributed by atoms with Crippen LogP contribution < -0.4 is 15.4 Å². The summed E-state index contributed by atoms with van der Waals surface area (Å²) in [5.74, 6) is 1.73. The number of nitrogens with one attached hydrogen (secondary N) is 2. The molecule has 0 fully saturated rings. The van der Waals surface area contributed by atoms with Gasteiger partial charge in [-0.3, -0.25) is 4.79 Å². The van der Waals surface area contributed by atoms with Crippen LogP contribution >= 0.6 is 0 Å². The summed E-state index contributed by atoms with van der Waals surface area (Å²) in [6.45, 7) is 4.94. The van der Waals surface area contributed by atoms with E-state index in [1.54, 1.807) is 13.0 Å². The molecule has 1 heterocycles. The van der Waals surface area contributed by atoms with Crippen molar-refractivity contribution >= 4 is 17.4 Å².